The van der Waals surface area contributed by atoms with Crippen LogP contribution in [0.1, 0.15) is 44.6 Å². The highest BCUT2D eigenvalue weighted by atomic mass is 19.2. The van der Waals surface area contributed by atoms with Crippen LogP contribution in [0, 0.1) is 23.4 Å². The molecule has 0 bridgehead atoms. The normalized spacial score (nSPS) is 16.2. The molecule has 170 valence electrons. The predicted molar refractivity (Wildman–Crippen MR) is 128 cm³/mol. The second-order valence-corrected chi connectivity index (χ2v) is 8.55. The summed E-state index contributed by atoms with van der Waals surface area (Å²) in [6.45, 7) is 2.04. The van der Waals surface area contributed by atoms with Crippen LogP contribution in [-0.4, -0.2) is 5.11 Å². The van der Waals surface area contributed by atoms with Crippen molar-refractivity contribution >= 4 is 5.57 Å². The minimum absolute atomic E-state index is 0.0425. The van der Waals surface area contributed by atoms with Crippen LogP contribution in [0.5, 0.6) is 5.75 Å². The van der Waals surface area contributed by atoms with Crippen molar-refractivity contribution in [1.29, 1.82) is 0 Å². The zero-order valence-electron chi connectivity index (χ0n) is 18.6. The Morgan fingerprint density at radius 1 is 0.879 bits per heavy atom. The molecule has 1 aliphatic carbocycles. The third-order valence-electron chi connectivity index (χ3n) is 6.41. The molecule has 1 nitrogen and oxygen atoms in total. The summed E-state index contributed by atoms with van der Waals surface area (Å²) in [6, 6.07) is 14.4. The summed E-state index contributed by atoms with van der Waals surface area (Å²) < 4.78 is 42.8. The van der Waals surface area contributed by atoms with Crippen LogP contribution in [0.2, 0.25) is 0 Å². The van der Waals surface area contributed by atoms with Gasteiger partial charge in [0.25, 0.3) is 0 Å². The Hall–Kier alpha value is -3.27. The van der Waals surface area contributed by atoms with Crippen LogP contribution >= 0.6 is 0 Å². The molecule has 0 heterocycles. The fraction of sp³-hybridized carbons (Fsp3) is 0.241. The van der Waals surface area contributed by atoms with Gasteiger partial charge in [-0.05, 0) is 85.4 Å². The summed E-state index contributed by atoms with van der Waals surface area (Å²) in [5.74, 6) is -2.73. The van der Waals surface area contributed by atoms with Gasteiger partial charge in [0.15, 0.2) is 11.6 Å². The van der Waals surface area contributed by atoms with E-state index in [1.807, 2.05) is 13.0 Å². The summed E-state index contributed by atoms with van der Waals surface area (Å²) in [6.07, 6.45) is 12.0. The van der Waals surface area contributed by atoms with Gasteiger partial charge in [0.1, 0.15) is 5.82 Å². The molecule has 0 saturated carbocycles. The maximum Gasteiger partial charge on any atom is 0.200 e. The van der Waals surface area contributed by atoms with E-state index in [1.54, 1.807) is 36.4 Å². The lowest BCUT2D eigenvalue weighted by molar-refractivity contribution is 0.408. The van der Waals surface area contributed by atoms with Crippen molar-refractivity contribution in [2.75, 3.05) is 0 Å². The minimum Gasteiger partial charge on any atom is -0.505 e. The average molecular weight is 449 g/mol. The quantitative estimate of drug-likeness (QED) is 0.374. The van der Waals surface area contributed by atoms with Crippen molar-refractivity contribution < 1.29 is 18.3 Å². The highest BCUT2D eigenvalue weighted by molar-refractivity contribution is 5.74. The van der Waals surface area contributed by atoms with Gasteiger partial charge in [-0.3, -0.25) is 0 Å². The molecule has 1 aliphatic rings. The molecule has 1 N–H and O–H groups in total. The molecule has 0 aliphatic heterocycles. The molecule has 4 heteroatoms. The number of rotatable bonds is 6. The highest BCUT2D eigenvalue weighted by Gasteiger charge is 2.17. The number of benzene rings is 3. The summed E-state index contributed by atoms with van der Waals surface area (Å²) in [5.41, 5.74) is 3.72. The first-order valence-electron chi connectivity index (χ1n) is 11.4. The molecule has 0 amide bonds. The summed E-state index contributed by atoms with van der Waals surface area (Å²) in [7, 11) is 0. The zero-order valence-corrected chi connectivity index (χ0v) is 18.6. The largest absolute Gasteiger partial charge is 0.505 e. The molecule has 0 saturated heterocycles. The Labute approximate surface area is 192 Å². The second kappa shape index (κ2) is 10.1. The fourth-order valence-electron chi connectivity index (χ4n) is 4.45. The summed E-state index contributed by atoms with van der Waals surface area (Å²) in [5, 5.41) is 9.30. The van der Waals surface area contributed by atoms with Gasteiger partial charge >= 0.3 is 0 Å². The number of halogens is 3. The lowest BCUT2D eigenvalue weighted by Crippen LogP contribution is -2.05. The van der Waals surface area contributed by atoms with Crippen molar-refractivity contribution in [1.82, 2.24) is 0 Å². The Morgan fingerprint density at radius 2 is 1.55 bits per heavy atom. The molecule has 0 radical (unpaired) electrons. The van der Waals surface area contributed by atoms with Crippen LogP contribution in [0.4, 0.5) is 13.2 Å². The van der Waals surface area contributed by atoms with Crippen molar-refractivity contribution in [2.24, 2.45) is 5.92 Å². The van der Waals surface area contributed by atoms with Gasteiger partial charge in [-0.2, -0.15) is 4.39 Å². The molecule has 1 unspecified atom stereocenters. The molecule has 0 spiro atoms. The lowest BCUT2D eigenvalue weighted by atomic mass is 9.84. The number of phenolic OH excluding ortho intramolecular Hbond substituents is 1. The van der Waals surface area contributed by atoms with E-state index >= 15 is 0 Å². The van der Waals surface area contributed by atoms with E-state index in [4.69, 9.17) is 0 Å². The fourth-order valence-corrected chi connectivity index (χ4v) is 4.45. The van der Waals surface area contributed by atoms with Gasteiger partial charge in [-0.1, -0.05) is 54.6 Å². The first-order chi connectivity index (χ1) is 16.0. The van der Waals surface area contributed by atoms with E-state index in [0.29, 0.717) is 22.6 Å². The van der Waals surface area contributed by atoms with Crippen molar-refractivity contribution in [3.05, 3.63) is 95.8 Å². The van der Waals surface area contributed by atoms with Crippen LogP contribution in [0.15, 0.2) is 72.8 Å². The third-order valence-corrected chi connectivity index (χ3v) is 6.41. The van der Waals surface area contributed by atoms with Gasteiger partial charge in [0.2, 0.25) is 5.82 Å². The van der Waals surface area contributed by atoms with Gasteiger partial charge in [0.05, 0.1) is 0 Å². The maximum absolute atomic E-state index is 15.0. The van der Waals surface area contributed by atoms with E-state index < -0.39 is 17.4 Å². The van der Waals surface area contributed by atoms with Gasteiger partial charge in [-0.25, -0.2) is 8.78 Å². The molecule has 4 rings (SSSR count). The van der Waals surface area contributed by atoms with E-state index in [2.05, 4.69) is 18.2 Å². The Kier molecular flexibility index (Phi) is 7.02. The molecule has 33 heavy (non-hydrogen) atoms. The second-order valence-electron chi connectivity index (χ2n) is 8.55. The van der Waals surface area contributed by atoms with E-state index in [1.165, 1.54) is 18.1 Å². The molecule has 0 fully saturated rings. The van der Waals surface area contributed by atoms with Crippen LogP contribution < -0.4 is 0 Å². The first kappa shape index (κ1) is 22.9. The number of phenols is 1. The predicted octanol–water partition coefficient (Wildman–Crippen LogP) is 8.68. The van der Waals surface area contributed by atoms with Crippen LogP contribution in [0.3, 0.4) is 0 Å². The number of hydrogen-bond acceptors (Lipinski definition) is 1. The van der Waals surface area contributed by atoms with Crippen LogP contribution in [-0.2, 0) is 0 Å². The molecule has 0 aromatic heterocycles. The number of hydrogen-bond donors (Lipinski definition) is 1. The van der Waals surface area contributed by atoms with Gasteiger partial charge in [0, 0.05) is 11.1 Å². The average Bonchev–Trinajstić information content (AvgIpc) is 2.83. The first-order valence-corrected chi connectivity index (χ1v) is 11.4. The standard InChI is InChI=1S/C29H27F3O/c1-2-3-4-5-19-6-8-20(9-7-19)23-14-15-24(26(30)18-23)21-10-12-22(13-11-21)25-16-17-27(33)29(32)28(25)31/h2-3,8,10-19,33H,4-7,9H2,1H3/b3-2+. The Morgan fingerprint density at radius 3 is 2.18 bits per heavy atom. The monoisotopic (exact) mass is 448 g/mol. The highest BCUT2D eigenvalue weighted by Crippen LogP contribution is 2.35. The van der Waals surface area contributed by atoms with Crippen LogP contribution in [0.25, 0.3) is 27.8 Å². The topological polar surface area (TPSA) is 20.2 Å². The van der Waals surface area contributed by atoms with Crippen molar-refractivity contribution in [3.63, 3.8) is 0 Å². The SMILES string of the molecule is C/C=C/CCC1CC=C(c2ccc(-c3ccc(-c4ccc(O)c(F)c4F)cc3)c(F)c2)CC1. The molecular formula is C29H27F3O. The molecular weight excluding hydrogens is 421 g/mol. The van der Waals surface area contributed by atoms with Crippen molar-refractivity contribution in [3.8, 4) is 28.0 Å². The number of allylic oxidation sites excluding steroid dienone is 4. The third kappa shape index (κ3) is 5.05. The van der Waals surface area contributed by atoms with E-state index in [-0.39, 0.29) is 11.4 Å². The Balaban J connectivity index is 1.50. The zero-order chi connectivity index (χ0) is 23.4. The van der Waals surface area contributed by atoms with Gasteiger partial charge < -0.3 is 5.11 Å². The van der Waals surface area contributed by atoms with Crippen molar-refractivity contribution in [2.45, 2.75) is 39.0 Å². The number of aromatic hydroxyl groups is 1. The lowest BCUT2D eigenvalue weighted by Gasteiger charge is -2.22. The van der Waals surface area contributed by atoms with E-state index in [9.17, 15) is 18.3 Å². The molecule has 1 atom stereocenters. The summed E-state index contributed by atoms with van der Waals surface area (Å²) >= 11 is 0. The molecule has 3 aromatic rings. The van der Waals surface area contributed by atoms with Gasteiger partial charge in [-0.15, -0.1) is 0 Å². The maximum atomic E-state index is 15.0. The van der Waals surface area contributed by atoms with E-state index in [0.717, 1.165) is 37.3 Å². The minimum atomic E-state index is -1.28. The molecule has 3 aromatic carbocycles. The smallest absolute Gasteiger partial charge is 0.200 e. The summed E-state index contributed by atoms with van der Waals surface area (Å²) in [4.78, 5) is 0. The Bertz CT molecular complexity index is 1190.